The summed E-state index contributed by atoms with van der Waals surface area (Å²) in [7, 11) is -3.30. The van der Waals surface area contributed by atoms with Crippen LogP contribution in [0.3, 0.4) is 0 Å². The van der Waals surface area contributed by atoms with Crippen LogP contribution in [0, 0.1) is 0 Å². The molecule has 0 aliphatic rings. The third kappa shape index (κ3) is 3.45. The van der Waals surface area contributed by atoms with Gasteiger partial charge in [-0.3, -0.25) is 4.79 Å². The highest BCUT2D eigenvalue weighted by Gasteiger charge is 2.11. The highest BCUT2D eigenvalue weighted by Crippen LogP contribution is 2.11. The normalized spacial score (nSPS) is 11.2. The number of sulfone groups is 1. The average molecular weight is 278 g/mol. The molecule has 5 nitrogen and oxygen atoms in total. The van der Waals surface area contributed by atoms with Crippen LogP contribution in [-0.2, 0) is 16.4 Å². The van der Waals surface area contributed by atoms with Crippen LogP contribution in [0.15, 0.2) is 47.6 Å². The summed E-state index contributed by atoms with van der Waals surface area (Å²) in [5.41, 5.74) is 1.28. The smallest absolute Gasteiger partial charge is 0.251 e. The minimum absolute atomic E-state index is 0.141. The third-order valence-electron chi connectivity index (χ3n) is 2.64. The van der Waals surface area contributed by atoms with Crippen LogP contribution in [0.25, 0.3) is 0 Å². The second-order valence-corrected chi connectivity index (χ2v) is 6.22. The molecule has 0 aliphatic heterocycles. The van der Waals surface area contributed by atoms with Gasteiger partial charge in [0.1, 0.15) is 0 Å². The molecule has 100 valence electrons. The largest absolute Gasteiger partial charge is 0.367 e. The quantitative estimate of drug-likeness (QED) is 0.886. The average Bonchev–Trinajstić information content (AvgIpc) is 2.88. The topological polar surface area (TPSA) is 79.0 Å². The molecule has 0 radical (unpaired) electrons. The Morgan fingerprint density at radius 3 is 2.74 bits per heavy atom. The Morgan fingerprint density at radius 2 is 2.11 bits per heavy atom. The highest BCUT2D eigenvalue weighted by molar-refractivity contribution is 7.90. The molecule has 1 amide bonds. The first-order valence-electron chi connectivity index (χ1n) is 5.67. The standard InChI is InChI=1S/C13H14N2O3S/c1-19(17,18)12-4-2-3-11(7-12)13(16)15-9-10-5-6-14-8-10/h2-8,14H,9H2,1H3,(H,15,16). The number of hydrogen-bond acceptors (Lipinski definition) is 3. The van der Waals surface area contributed by atoms with Crippen molar-refractivity contribution in [3.05, 3.63) is 53.9 Å². The van der Waals surface area contributed by atoms with Crippen molar-refractivity contribution >= 4 is 15.7 Å². The fourth-order valence-corrected chi connectivity index (χ4v) is 2.29. The maximum Gasteiger partial charge on any atom is 0.251 e. The summed E-state index contributed by atoms with van der Waals surface area (Å²) in [5, 5.41) is 2.73. The molecular formula is C13H14N2O3S. The second kappa shape index (κ2) is 5.27. The molecule has 1 aromatic heterocycles. The highest BCUT2D eigenvalue weighted by atomic mass is 32.2. The van der Waals surface area contributed by atoms with Crippen molar-refractivity contribution in [2.45, 2.75) is 11.4 Å². The van der Waals surface area contributed by atoms with Gasteiger partial charge in [0.2, 0.25) is 0 Å². The molecule has 19 heavy (non-hydrogen) atoms. The van der Waals surface area contributed by atoms with Crippen LogP contribution in [-0.4, -0.2) is 25.6 Å². The fourth-order valence-electron chi connectivity index (χ4n) is 1.62. The van der Waals surface area contributed by atoms with Crippen LogP contribution in [0.4, 0.5) is 0 Å². The van der Waals surface area contributed by atoms with Gasteiger partial charge in [0, 0.05) is 30.8 Å². The predicted octanol–water partition coefficient (Wildman–Crippen LogP) is 1.35. The van der Waals surface area contributed by atoms with Gasteiger partial charge in [0.25, 0.3) is 5.91 Å². The Hall–Kier alpha value is -2.08. The molecule has 1 aromatic carbocycles. The molecule has 2 N–H and O–H groups in total. The number of rotatable bonds is 4. The Bertz CT molecular complexity index is 676. The van der Waals surface area contributed by atoms with E-state index in [-0.39, 0.29) is 10.8 Å². The molecule has 0 aliphatic carbocycles. The lowest BCUT2D eigenvalue weighted by Crippen LogP contribution is -2.22. The Morgan fingerprint density at radius 1 is 1.32 bits per heavy atom. The van der Waals surface area contributed by atoms with E-state index < -0.39 is 9.84 Å². The summed E-state index contributed by atoms with van der Waals surface area (Å²) in [5.74, 6) is -0.299. The van der Waals surface area contributed by atoms with Crippen LogP contribution in [0.5, 0.6) is 0 Å². The lowest BCUT2D eigenvalue weighted by atomic mass is 10.2. The van der Waals surface area contributed by atoms with Gasteiger partial charge in [0.05, 0.1) is 4.90 Å². The van der Waals surface area contributed by atoms with Gasteiger partial charge in [-0.1, -0.05) is 6.07 Å². The molecule has 2 aromatic rings. The molecule has 0 atom stereocenters. The zero-order valence-corrected chi connectivity index (χ0v) is 11.2. The van der Waals surface area contributed by atoms with E-state index in [2.05, 4.69) is 10.3 Å². The number of hydrogen-bond donors (Lipinski definition) is 2. The molecule has 0 spiro atoms. The van der Waals surface area contributed by atoms with Crippen LogP contribution < -0.4 is 5.32 Å². The Labute approximate surface area is 111 Å². The van der Waals surface area contributed by atoms with E-state index in [9.17, 15) is 13.2 Å². The molecule has 1 heterocycles. The zero-order chi connectivity index (χ0) is 13.9. The molecule has 0 saturated carbocycles. The first kappa shape index (κ1) is 13.4. The Balaban J connectivity index is 2.11. The molecule has 6 heteroatoms. The van der Waals surface area contributed by atoms with E-state index in [1.54, 1.807) is 24.5 Å². The summed E-state index contributed by atoms with van der Waals surface area (Å²) < 4.78 is 22.8. The van der Waals surface area contributed by atoms with Gasteiger partial charge in [0.15, 0.2) is 9.84 Å². The minimum atomic E-state index is -3.30. The first-order valence-corrected chi connectivity index (χ1v) is 7.56. The summed E-state index contributed by atoms with van der Waals surface area (Å²) in [4.78, 5) is 14.9. The SMILES string of the molecule is CS(=O)(=O)c1cccc(C(=O)NCc2cc[nH]c2)c1. The van der Waals surface area contributed by atoms with Crippen molar-refractivity contribution in [3.63, 3.8) is 0 Å². The number of benzene rings is 1. The van der Waals surface area contributed by atoms with E-state index >= 15 is 0 Å². The molecule has 0 saturated heterocycles. The van der Waals surface area contributed by atoms with E-state index in [0.29, 0.717) is 12.1 Å². The number of nitrogens with one attached hydrogen (secondary N) is 2. The van der Waals surface area contributed by atoms with Crippen LogP contribution >= 0.6 is 0 Å². The number of carbonyl (C=O) groups is 1. The molecule has 2 rings (SSSR count). The van der Waals surface area contributed by atoms with E-state index in [1.165, 1.54) is 12.1 Å². The minimum Gasteiger partial charge on any atom is -0.367 e. The monoisotopic (exact) mass is 278 g/mol. The summed E-state index contributed by atoms with van der Waals surface area (Å²) >= 11 is 0. The van der Waals surface area contributed by atoms with Crippen molar-refractivity contribution in [2.24, 2.45) is 0 Å². The lowest BCUT2D eigenvalue weighted by Gasteiger charge is -2.05. The van der Waals surface area contributed by atoms with Crippen molar-refractivity contribution in [1.29, 1.82) is 0 Å². The molecule has 0 bridgehead atoms. The summed E-state index contributed by atoms with van der Waals surface area (Å²) in [6.07, 6.45) is 4.67. The zero-order valence-electron chi connectivity index (χ0n) is 10.4. The molecule has 0 fully saturated rings. The van der Waals surface area contributed by atoms with Crippen LogP contribution in [0.1, 0.15) is 15.9 Å². The number of carbonyl (C=O) groups excluding carboxylic acids is 1. The summed E-state index contributed by atoms with van der Waals surface area (Å²) in [6, 6.07) is 7.84. The van der Waals surface area contributed by atoms with Gasteiger partial charge in [-0.25, -0.2) is 8.42 Å². The number of aromatic amines is 1. The van der Waals surface area contributed by atoms with E-state index in [1.807, 2.05) is 6.07 Å². The van der Waals surface area contributed by atoms with Gasteiger partial charge >= 0.3 is 0 Å². The second-order valence-electron chi connectivity index (χ2n) is 4.20. The van der Waals surface area contributed by atoms with Crippen molar-refractivity contribution in [3.8, 4) is 0 Å². The van der Waals surface area contributed by atoms with Gasteiger partial charge in [-0.15, -0.1) is 0 Å². The molecule has 0 unspecified atom stereocenters. The van der Waals surface area contributed by atoms with Crippen molar-refractivity contribution < 1.29 is 13.2 Å². The van der Waals surface area contributed by atoms with Gasteiger partial charge < -0.3 is 10.3 Å². The van der Waals surface area contributed by atoms with E-state index in [4.69, 9.17) is 0 Å². The third-order valence-corrected chi connectivity index (χ3v) is 3.75. The number of aromatic nitrogens is 1. The predicted molar refractivity (Wildman–Crippen MR) is 71.5 cm³/mol. The van der Waals surface area contributed by atoms with E-state index in [0.717, 1.165) is 11.8 Å². The first-order chi connectivity index (χ1) is 8.97. The van der Waals surface area contributed by atoms with Gasteiger partial charge in [-0.05, 0) is 29.8 Å². The van der Waals surface area contributed by atoms with Crippen molar-refractivity contribution in [1.82, 2.24) is 10.3 Å². The molecular weight excluding hydrogens is 264 g/mol. The van der Waals surface area contributed by atoms with Crippen molar-refractivity contribution in [2.75, 3.05) is 6.26 Å². The maximum absolute atomic E-state index is 11.9. The fraction of sp³-hybridized carbons (Fsp3) is 0.154. The number of amides is 1. The number of H-pyrrole nitrogens is 1. The van der Waals surface area contributed by atoms with Gasteiger partial charge in [-0.2, -0.15) is 0 Å². The maximum atomic E-state index is 11.9. The lowest BCUT2D eigenvalue weighted by molar-refractivity contribution is 0.0950. The summed E-state index contributed by atoms with van der Waals surface area (Å²) in [6.45, 7) is 0.394. The Kier molecular flexibility index (Phi) is 3.71. The van der Waals surface area contributed by atoms with Crippen LogP contribution in [0.2, 0.25) is 0 Å².